The van der Waals surface area contributed by atoms with Crippen LogP contribution in [0.2, 0.25) is 0 Å². The molecule has 0 aliphatic heterocycles. The Balaban J connectivity index is 1.57. The van der Waals surface area contributed by atoms with Gasteiger partial charge in [0.05, 0.1) is 0 Å². The average Bonchev–Trinajstić information content (AvgIpc) is 3.11. The van der Waals surface area contributed by atoms with Crippen molar-refractivity contribution in [1.82, 2.24) is 0 Å². The molecule has 4 aliphatic rings. The maximum Gasteiger partial charge on any atom is 0.143 e. The van der Waals surface area contributed by atoms with E-state index in [1.807, 2.05) is 0 Å². The third-order valence-corrected chi connectivity index (χ3v) is 11.8. The fraction of sp³-hybridized carbons (Fsp3) is 0.903. The number of fused-ring (bicyclic) bond motifs is 5. The summed E-state index contributed by atoms with van der Waals surface area (Å²) in [5.74, 6) is 5.76. The normalized spacial score (nSPS) is 41.6. The molecule has 0 radical (unpaired) electrons. The summed E-state index contributed by atoms with van der Waals surface area (Å²) in [5, 5.41) is 0. The lowest BCUT2D eigenvalue weighted by atomic mass is 9.43. The predicted molar refractivity (Wildman–Crippen MR) is 136 cm³/mol. The molecule has 4 rings (SSSR count). The molecule has 0 amide bonds. The Labute approximate surface area is 199 Å². The molecule has 0 spiro atoms. The standard InChI is InChI=1S/C31H52O/c1-8-31(9-2)27-16-13-23-25-15-14-24(22(5)12-10-11-21(3)4)29(25,6)19-17-26(23)30(27,7)20-18-28(31)32/h16,21-26H,8-15,17-20H2,1-7H3/t22-,23-,24+,25-,26-,29-,30-/m1/s1. The van der Waals surface area contributed by atoms with Crippen LogP contribution in [0.1, 0.15) is 126 Å². The van der Waals surface area contributed by atoms with Gasteiger partial charge >= 0.3 is 0 Å². The van der Waals surface area contributed by atoms with Crippen molar-refractivity contribution in [3.05, 3.63) is 11.6 Å². The van der Waals surface area contributed by atoms with E-state index in [0.717, 1.165) is 61.2 Å². The van der Waals surface area contributed by atoms with Gasteiger partial charge in [-0.25, -0.2) is 0 Å². The number of Topliss-reactive ketones (excluding diaryl/α,β-unsaturated/α-hetero) is 1. The molecule has 1 heteroatoms. The second-order valence-electron chi connectivity index (χ2n) is 13.4. The first kappa shape index (κ1) is 24.5. The van der Waals surface area contributed by atoms with E-state index in [1.165, 1.54) is 51.4 Å². The van der Waals surface area contributed by atoms with E-state index in [2.05, 4.69) is 54.5 Å². The van der Waals surface area contributed by atoms with Gasteiger partial charge in [0, 0.05) is 11.8 Å². The Bertz CT molecular complexity index is 727. The monoisotopic (exact) mass is 440 g/mol. The highest BCUT2D eigenvalue weighted by molar-refractivity contribution is 5.89. The zero-order valence-corrected chi connectivity index (χ0v) is 22.4. The van der Waals surface area contributed by atoms with E-state index in [9.17, 15) is 4.79 Å². The smallest absolute Gasteiger partial charge is 0.143 e. The molecule has 0 aromatic heterocycles. The number of carbonyl (C=O) groups is 1. The van der Waals surface area contributed by atoms with Crippen LogP contribution >= 0.6 is 0 Å². The van der Waals surface area contributed by atoms with E-state index in [-0.39, 0.29) is 10.8 Å². The minimum Gasteiger partial charge on any atom is -0.299 e. The highest BCUT2D eigenvalue weighted by atomic mass is 16.1. The van der Waals surface area contributed by atoms with E-state index in [4.69, 9.17) is 0 Å². The van der Waals surface area contributed by atoms with Crippen LogP contribution in [0.5, 0.6) is 0 Å². The number of hydrogen-bond donors (Lipinski definition) is 0. The van der Waals surface area contributed by atoms with Gasteiger partial charge in [0.15, 0.2) is 0 Å². The Morgan fingerprint density at radius 1 is 0.969 bits per heavy atom. The maximum atomic E-state index is 13.2. The molecule has 3 saturated carbocycles. The van der Waals surface area contributed by atoms with Gasteiger partial charge in [-0.2, -0.15) is 0 Å². The fourth-order valence-electron chi connectivity index (χ4n) is 9.97. The first-order chi connectivity index (χ1) is 15.1. The molecule has 182 valence electrons. The van der Waals surface area contributed by atoms with E-state index < -0.39 is 0 Å². The van der Waals surface area contributed by atoms with Gasteiger partial charge < -0.3 is 0 Å². The van der Waals surface area contributed by atoms with Crippen LogP contribution in [-0.2, 0) is 4.79 Å². The van der Waals surface area contributed by atoms with Crippen LogP contribution in [0, 0.1) is 51.8 Å². The van der Waals surface area contributed by atoms with Crippen molar-refractivity contribution in [3.63, 3.8) is 0 Å². The first-order valence-electron chi connectivity index (χ1n) is 14.4. The molecule has 32 heavy (non-hydrogen) atoms. The molecule has 1 nitrogen and oxygen atoms in total. The Kier molecular flexibility index (Phi) is 6.81. The van der Waals surface area contributed by atoms with Gasteiger partial charge in [-0.3, -0.25) is 4.79 Å². The SMILES string of the molecule is CCC1(CC)C(=O)CC[C@@]2(C)C1=CC[C@@H]1[C@H]3CC[C@@H]([C@H](C)CCCC(C)C)[C@@]3(C)CC[C@H]12. The third kappa shape index (κ3) is 3.58. The summed E-state index contributed by atoms with van der Waals surface area (Å²) in [4.78, 5) is 13.2. The van der Waals surface area contributed by atoms with Crippen molar-refractivity contribution < 1.29 is 4.79 Å². The number of allylic oxidation sites excluding steroid dienone is 2. The van der Waals surface area contributed by atoms with E-state index in [0.29, 0.717) is 11.2 Å². The zero-order chi connectivity index (χ0) is 23.3. The van der Waals surface area contributed by atoms with Crippen molar-refractivity contribution in [3.8, 4) is 0 Å². The summed E-state index contributed by atoms with van der Waals surface area (Å²) in [6.07, 6.45) is 17.8. The molecule has 0 bridgehead atoms. The van der Waals surface area contributed by atoms with Crippen LogP contribution in [0.25, 0.3) is 0 Å². The molecule has 7 atom stereocenters. The molecule has 0 aromatic carbocycles. The number of hydrogen-bond acceptors (Lipinski definition) is 1. The molecular formula is C31H52O. The quantitative estimate of drug-likeness (QED) is 0.361. The first-order valence-corrected chi connectivity index (χ1v) is 14.4. The van der Waals surface area contributed by atoms with E-state index in [1.54, 1.807) is 5.57 Å². The molecule has 0 N–H and O–H groups in total. The molecule has 0 heterocycles. The summed E-state index contributed by atoms with van der Waals surface area (Å²) in [6.45, 7) is 17.1. The van der Waals surface area contributed by atoms with E-state index >= 15 is 0 Å². The third-order valence-electron chi connectivity index (χ3n) is 11.8. The minimum absolute atomic E-state index is 0.151. The zero-order valence-electron chi connectivity index (χ0n) is 22.4. The van der Waals surface area contributed by atoms with Gasteiger partial charge in [0.25, 0.3) is 0 Å². The van der Waals surface area contributed by atoms with Crippen LogP contribution in [0.15, 0.2) is 11.6 Å². The summed E-state index contributed by atoms with van der Waals surface area (Å²) in [7, 11) is 0. The summed E-state index contributed by atoms with van der Waals surface area (Å²) < 4.78 is 0. The average molecular weight is 441 g/mol. The van der Waals surface area contributed by atoms with Gasteiger partial charge in [-0.1, -0.05) is 79.4 Å². The number of ketones is 1. The molecule has 3 fully saturated rings. The second kappa shape index (κ2) is 8.88. The number of carbonyl (C=O) groups excluding carboxylic acids is 1. The number of rotatable bonds is 7. The lowest BCUT2D eigenvalue weighted by molar-refractivity contribution is -0.134. The maximum absolute atomic E-state index is 13.2. The fourth-order valence-corrected chi connectivity index (χ4v) is 9.97. The molecule has 4 aliphatic carbocycles. The van der Waals surface area contributed by atoms with Crippen LogP contribution in [0.4, 0.5) is 0 Å². The summed E-state index contributed by atoms with van der Waals surface area (Å²) in [5.41, 5.74) is 2.25. The molecule has 0 saturated heterocycles. The van der Waals surface area contributed by atoms with Crippen molar-refractivity contribution in [2.45, 2.75) is 126 Å². The van der Waals surface area contributed by atoms with Gasteiger partial charge in [0.2, 0.25) is 0 Å². The highest BCUT2D eigenvalue weighted by Gasteiger charge is 2.62. The van der Waals surface area contributed by atoms with Crippen molar-refractivity contribution in [2.75, 3.05) is 0 Å². The van der Waals surface area contributed by atoms with Crippen molar-refractivity contribution in [2.24, 2.45) is 51.8 Å². The van der Waals surface area contributed by atoms with Gasteiger partial charge in [0.1, 0.15) is 5.78 Å². The molecule has 0 unspecified atom stereocenters. The topological polar surface area (TPSA) is 17.1 Å². The second-order valence-corrected chi connectivity index (χ2v) is 13.4. The summed E-state index contributed by atoms with van der Waals surface area (Å²) in [6, 6.07) is 0. The molecular weight excluding hydrogens is 388 g/mol. The van der Waals surface area contributed by atoms with Crippen LogP contribution in [0.3, 0.4) is 0 Å². The van der Waals surface area contributed by atoms with Crippen molar-refractivity contribution >= 4 is 5.78 Å². The van der Waals surface area contributed by atoms with Crippen LogP contribution in [-0.4, -0.2) is 5.78 Å². The largest absolute Gasteiger partial charge is 0.299 e. The Morgan fingerprint density at radius 2 is 1.69 bits per heavy atom. The molecule has 0 aromatic rings. The minimum atomic E-state index is -0.151. The Morgan fingerprint density at radius 3 is 2.34 bits per heavy atom. The predicted octanol–water partition coefficient (Wildman–Crippen LogP) is 9.01. The van der Waals surface area contributed by atoms with Gasteiger partial charge in [-0.05, 0) is 97.7 Å². The lowest BCUT2D eigenvalue weighted by Crippen LogP contribution is -2.54. The van der Waals surface area contributed by atoms with Crippen molar-refractivity contribution in [1.29, 1.82) is 0 Å². The van der Waals surface area contributed by atoms with Crippen LogP contribution < -0.4 is 0 Å². The Hall–Kier alpha value is -0.590. The summed E-state index contributed by atoms with van der Waals surface area (Å²) >= 11 is 0. The van der Waals surface area contributed by atoms with Gasteiger partial charge in [-0.15, -0.1) is 0 Å². The highest BCUT2D eigenvalue weighted by Crippen LogP contribution is 2.69. The lowest BCUT2D eigenvalue weighted by Gasteiger charge is -2.61.